The zero-order valence-corrected chi connectivity index (χ0v) is 13.6. The van der Waals surface area contributed by atoms with Gasteiger partial charge in [-0.3, -0.25) is 0 Å². The fraction of sp³-hybridized carbons (Fsp3) is 0.125. The van der Waals surface area contributed by atoms with Gasteiger partial charge in [-0.25, -0.2) is 0 Å². The molecule has 0 fully saturated rings. The van der Waals surface area contributed by atoms with E-state index in [0.29, 0.717) is 0 Å². The highest BCUT2D eigenvalue weighted by atomic mass is 79.9. The van der Waals surface area contributed by atoms with Crippen LogP contribution in [0.2, 0.25) is 0 Å². The second kappa shape index (κ2) is 5.54. The monoisotopic (exact) mass is 347 g/mol. The van der Waals surface area contributed by atoms with Crippen LogP contribution in [-0.4, -0.2) is 12.1 Å². The lowest BCUT2D eigenvalue weighted by atomic mass is 10.2. The van der Waals surface area contributed by atoms with Gasteiger partial charge in [-0.2, -0.15) is 0 Å². The van der Waals surface area contributed by atoms with Crippen LogP contribution in [0.4, 0.5) is 0 Å². The molecule has 0 aliphatic rings. The summed E-state index contributed by atoms with van der Waals surface area (Å²) in [6.07, 6.45) is 0. The number of hydrogen-bond acceptors (Lipinski definition) is 2. The number of hydrogen-bond donors (Lipinski definition) is 1. The molecule has 0 saturated carbocycles. The predicted octanol–water partition coefficient (Wildman–Crippen LogP) is 5.40. The minimum Gasteiger partial charge on any atom is -0.497 e. The maximum absolute atomic E-state index is 5.18. The molecular weight excluding hydrogens is 334 g/mol. The van der Waals surface area contributed by atoms with Gasteiger partial charge in [0.05, 0.1) is 12.1 Å². The molecule has 0 atom stereocenters. The summed E-state index contributed by atoms with van der Waals surface area (Å²) < 4.78 is 6.27. The molecule has 2 aromatic carbocycles. The molecule has 0 unspecified atom stereocenters. The minimum absolute atomic E-state index is 0.881. The number of benzene rings is 2. The molecule has 0 bridgehead atoms. The largest absolute Gasteiger partial charge is 0.497 e. The van der Waals surface area contributed by atoms with Gasteiger partial charge >= 0.3 is 0 Å². The van der Waals surface area contributed by atoms with Gasteiger partial charge in [0.2, 0.25) is 0 Å². The summed E-state index contributed by atoms with van der Waals surface area (Å²) in [7, 11) is 1.68. The highest BCUT2D eigenvalue weighted by Gasteiger charge is 2.09. The van der Waals surface area contributed by atoms with E-state index < -0.39 is 0 Å². The van der Waals surface area contributed by atoms with Gasteiger partial charge in [0.25, 0.3) is 0 Å². The summed E-state index contributed by atoms with van der Waals surface area (Å²) in [5.41, 5.74) is 2.45. The number of nitrogens with one attached hydrogen (secondary N) is 1. The van der Waals surface area contributed by atoms with E-state index in [2.05, 4.69) is 58.2 Å². The zero-order chi connectivity index (χ0) is 14.1. The lowest BCUT2D eigenvalue weighted by Gasteiger charge is -2.03. The van der Waals surface area contributed by atoms with Crippen molar-refractivity contribution in [2.45, 2.75) is 16.8 Å². The molecule has 0 aliphatic carbocycles. The van der Waals surface area contributed by atoms with Gasteiger partial charge in [0.15, 0.2) is 0 Å². The Hall–Kier alpha value is -1.39. The highest BCUT2D eigenvalue weighted by molar-refractivity contribution is 9.10. The van der Waals surface area contributed by atoms with Crippen molar-refractivity contribution in [3.05, 3.63) is 52.5 Å². The summed E-state index contributed by atoms with van der Waals surface area (Å²) in [6, 6.07) is 14.4. The Morgan fingerprint density at radius 3 is 2.55 bits per heavy atom. The molecule has 1 N–H and O–H groups in total. The molecule has 0 spiro atoms. The number of halogens is 1. The van der Waals surface area contributed by atoms with E-state index in [1.54, 1.807) is 18.9 Å². The van der Waals surface area contributed by atoms with Gasteiger partial charge < -0.3 is 9.72 Å². The summed E-state index contributed by atoms with van der Waals surface area (Å²) in [5.74, 6) is 0.881. The van der Waals surface area contributed by atoms with Crippen molar-refractivity contribution < 1.29 is 4.74 Å². The average Bonchev–Trinajstić information content (AvgIpc) is 2.75. The maximum atomic E-state index is 5.18. The molecule has 0 aliphatic heterocycles. The maximum Gasteiger partial charge on any atom is 0.118 e. The molecule has 1 aromatic heterocycles. The molecule has 1 heterocycles. The van der Waals surface area contributed by atoms with Crippen LogP contribution in [0, 0.1) is 6.92 Å². The normalized spacial score (nSPS) is 10.9. The van der Waals surface area contributed by atoms with Gasteiger partial charge in [-0.05, 0) is 48.9 Å². The first-order chi connectivity index (χ1) is 9.67. The molecule has 4 heteroatoms. The highest BCUT2D eigenvalue weighted by Crippen LogP contribution is 2.35. The molecule has 3 rings (SSSR count). The van der Waals surface area contributed by atoms with Crippen molar-refractivity contribution in [1.29, 1.82) is 0 Å². The number of ether oxygens (including phenoxy) is 1. The van der Waals surface area contributed by atoms with Crippen LogP contribution in [0.25, 0.3) is 10.9 Å². The Balaban J connectivity index is 1.95. The van der Waals surface area contributed by atoms with E-state index >= 15 is 0 Å². The van der Waals surface area contributed by atoms with Gasteiger partial charge in [0, 0.05) is 20.3 Å². The van der Waals surface area contributed by atoms with Crippen LogP contribution in [0.5, 0.6) is 5.75 Å². The third-order valence-electron chi connectivity index (χ3n) is 3.25. The number of aryl methyl sites for hydroxylation is 1. The molecule has 3 aromatic rings. The Bertz CT molecular complexity index is 749. The number of rotatable bonds is 3. The number of aromatic nitrogens is 1. The quantitative estimate of drug-likeness (QED) is 0.686. The Morgan fingerprint density at radius 1 is 1.10 bits per heavy atom. The van der Waals surface area contributed by atoms with E-state index in [1.807, 2.05) is 12.1 Å². The van der Waals surface area contributed by atoms with Crippen LogP contribution in [0.15, 0.2) is 56.9 Å². The first kappa shape index (κ1) is 13.6. The Kier molecular flexibility index (Phi) is 3.76. The van der Waals surface area contributed by atoms with E-state index in [9.17, 15) is 0 Å². The van der Waals surface area contributed by atoms with Crippen molar-refractivity contribution >= 4 is 38.6 Å². The van der Waals surface area contributed by atoms with Crippen molar-refractivity contribution in [2.75, 3.05) is 7.11 Å². The van der Waals surface area contributed by atoms with Crippen LogP contribution in [-0.2, 0) is 0 Å². The molecule has 102 valence electrons. The van der Waals surface area contributed by atoms with Crippen LogP contribution in [0.1, 0.15) is 5.56 Å². The van der Waals surface area contributed by atoms with E-state index in [0.717, 1.165) is 15.7 Å². The summed E-state index contributed by atoms with van der Waals surface area (Å²) in [4.78, 5) is 4.68. The van der Waals surface area contributed by atoms with E-state index in [-0.39, 0.29) is 0 Å². The first-order valence-corrected chi connectivity index (χ1v) is 7.88. The van der Waals surface area contributed by atoms with Crippen LogP contribution < -0.4 is 4.74 Å². The smallest absolute Gasteiger partial charge is 0.118 e. The summed E-state index contributed by atoms with van der Waals surface area (Å²) >= 11 is 5.25. The third-order valence-corrected chi connectivity index (χ3v) is 4.87. The Labute approximate surface area is 130 Å². The standard InChI is InChI=1S/C16H14BrNOS/c1-10-14-8-3-11(17)9-15(14)18-16(10)20-13-6-4-12(19-2)5-7-13/h3-9,18H,1-2H3. The molecule has 0 amide bonds. The molecular formula is C16H14BrNOS. The number of methoxy groups -OCH3 is 1. The van der Waals surface area contributed by atoms with Crippen LogP contribution in [0.3, 0.4) is 0 Å². The van der Waals surface area contributed by atoms with Crippen molar-refractivity contribution in [1.82, 2.24) is 4.98 Å². The second-order valence-corrected chi connectivity index (χ2v) is 6.55. The predicted molar refractivity (Wildman–Crippen MR) is 87.9 cm³/mol. The molecule has 0 saturated heterocycles. The summed E-state index contributed by atoms with van der Waals surface area (Å²) in [6.45, 7) is 2.15. The zero-order valence-electron chi connectivity index (χ0n) is 11.2. The SMILES string of the molecule is COc1ccc(Sc2[nH]c3cc(Br)ccc3c2C)cc1. The van der Waals surface area contributed by atoms with Crippen molar-refractivity contribution in [2.24, 2.45) is 0 Å². The third kappa shape index (κ3) is 2.58. The first-order valence-electron chi connectivity index (χ1n) is 6.27. The lowest BCUT2D eigenvalue weighted by Crippen LogP contribution is -1.81. The fourth-order valence-electron chi connectivity index (χ4n) is 2.15. The van der Waals surface area contributed by atoms with Crippen molar-refractivity contribution in [3.63, 3.8) is 0 Å². The average molecular weight is 348 g/mol. The van der Waals surface area contributed by atoms with Gasteiger partial charge in [-0.1, -0.05) is 33.8 Å². The van der Waals surface area contributed by atoms with Gasteiger partial charge in [0.1, 0.15) is 5.75 Å². The molecule has 20 heavy (non-hydrogen) atoms. The Morgan fingerprint density at radius 2 is 1.85 bits per heavy atom. The molecule has 2 nitrogen and oxygen atoms in total. The lowest BCUT2D eigenvalue weighted by molar-refractivity contribution is 0.414. The number of aromatic amines is 1. The minimum atomic E-state index is 0.881. The number of fused-ring (bicyclic) bond motifs is 1. The molecule has 0 radical (unpaired) electrons. The van der Waals surface area contributed by atoms with E-state index in [1.165, 1.54) is 20.9 Å². The van der Waals surface area contributed by atoms with Gasteiger partial charge in [-0.15, -0.1) is 0 Å². The second-order valence-electron chi connectivity index (χ2n) is 4.55. The number of H-pyrrole nitrogens is 1. The van der Waals surface area contributed by atoms with E-state index in [4.69, 9.17) is 4.74 Å². The van der Waals surface area contributed by atoms with Crippen molar-refractivity contribution in [3.8, 4) is 5.75 Å². The van der Waals surface area contributed by atoms with Crippen LogP contribution >= 0.6 is 27.7 Å². The topological polar surface area (TPSA) is 25.0 Å². The summed E-state index contributed by atoms with van der Waals surface area (Å²) in [5, 5.41) is 2.45. The fourth-order valence-corrected chi connectivity index (χ4v) is 3.44.